The predicted octanol–water partition coefficient (Wildman–Crippen LogP) is 1.85. The molecular formula is C14H20N2O4. The number of carbonyl (C=O) groups excluding carboxylic acids is 1. The first kappa shape index (κ1) is 13.4. The largest absolute Gasteiger partial charge is 0.461 e. The second kappa shape index (κ2) is 5.44. The van der Waals surface area contributed by atoms with E-state index in [2.05, 4.69) is 16.8 Å². The number of nitrogens with zero attached hydrogens (tertiary/aromatic N) is 2. The minimum Gasteiger partial charge on any atom is -0.461 e. The quantitative estimate of drug-likeness (QED) is 0.784. The molecule has 3 rings (SSSR count). The third-order valence-corrected chi connectivity index (χ3v) is 3.68. The number of ether oxygens (including phenoxy) is 2. The number of oxazole rings is 1. The zero-order valence-electron chi connectivity index (χ0n) is 11.9. The Morgan fingerprint density at radius 3 is 3.00 bits per heavy atom. The van der Waals surface area contributed by atoms with Crippen LogP contribution in [0.5, 0.6) is 0 Å². The zero-order chi connectivity index (χ0) is 14.1. The van der Waals surface area contributed by atoms with E-state index in [1.165, 1.54) is 19.1 Å². The summed E-state index contributed by atoms with van der Waals surface area (Å²) in [5, 5.41) is 0. The normalized spacial score (nSPS) is 26.6. The molecule has 1 aliphatic carbocycles. The molecule has 1 aromatic rings. The Labute approximate surface area is 118 Å². The summed E-state index contributed by atoms with van der Waals surface area (Å²) in [4.78, 5) is 17.9. The molecule has 0 N–H and O–H groups in total. The summed E-state index contributed by atoms with van der Waals surface area (Å²) in [5.74, 6) is 0.224. The second-order valence-electron chi connectivity index (χ2n) is 5.46. The van der Waals surface area contributed by atoms with E-state index in [0.29, 0.717) is 18.5 Å². The van der Waals surface area contributed by atoms with Gasteiger partial charge in [-0.15, -0.1) is 0 Å². The fourth-order valence-corrected chi connectivity index (χ4v) is 2.58. The number of anilines is 1. The lowest BCUT2D eigenvalue weighted by molar-refractivity contribution is -0.0284. The number of hydrogen-bond donors (Lipinski definition) is 0. The van der Waals surface area contributed by atoms with Crippen LogP contribution in [0.25, 0.3) is 0 Å². The molecule has 0 aromatic carbocycles. The highest BCUT2D eigenvalue weighted by molar-refractivity contribution is 5.87. The van der Waals surface area contributed by atoms with Crippen molar-refractivity contribution in [2.75, 3.05) is 24.6 Å². The van der Waals surface area contributed by atoms with Crippen LogP contribution >= 0.6 is 0 Å². The van der Waals surface area contributed by atoms with Crippen molar-refractivity contribution in [3.05, 3.63) is 12.0 Å². The maximum atomic E-state index is 11.6. The van der Waals surface area contributed by atoms with Crippen LogP contribution in [0.2, 0.25) is 0 Å². The van der Waals surface area contributed by atoms with Crippen molar-refractivity contribution in [2.45, 2.75) is 38.9 Å². The Kier molecular flexibility index (Phi) is 3.65. The molecule has 110 valence electrons. The molecule has 2 heterocycles. The first-order chi connectivity index (χ1) is 9.67. The second-order valence-corrected chi connectivity index (χ2v) is 5.46. The summed E-state index contributed by atoms with van der Waals surface area (Å²) in [6.45, 7) is 5.66. The van der Waals surface area contributed by atoms with Gasteiger partial charge in [0.1, 0.15) is 6.26 Å². The summed E-state index contributed by atoms with van der Waals surface area (Å²) in [6, 6.07) is 0.480. The average molecular weight is 280 g/mol. The molecule has 1 saturated carbocycles. The van der Waals surface area contributed by atoms with E-state index in [9.17, 15) is 4.79 Å². The molecule has 0 radical (unpaired) electrons. The molecule has 0 spiro atoms. The molecule has 2 aliphatic rings. The minimum atomic E-state index is -0.442. The number of hydrogen-bond acceptors (Lipinski definition) is 6. The Bertz CT molecular complexity index is 483. The highest BCUT2D eigenvalue weighted by Gasteiger charge is 2.38. The Morgan fingerprint density at radius 2 is 2.30 bits per heavy atom. The lowest BCUT2D eigenvalue weighted by Gasteiger charge is -2.36. The molecule has 0 bridgehead atoms. The maximum absolute atomic E-state index is 11.6. The van der Waals surface area contributed by atoms with Gasteiger partial charge in [0.25, 0.3) is 6.01 Å². The lowest BCUT2D eigenvalue weighted by atomic mass is 10.1. The van der Waals surface area contributed by atoms with Crippen LogP contribution in [0.4, 0.5) is 6.01 Å². The summed E-state index contributed by atoms with van der Waals surface area (Å²) >= 11 is 0. The fraction of sp³-hybridized carbons (Fsp3) is 0.714. The monoisotopic (exact) mass is 280 g/mol. The van der Waals surface area contributed by atoms with Crippen molar-refractivity contribution >= 4 is 12.0 Å². The predicted molar refractivity (Wildman–Crippen MR) is 71.7 cm³/mol. The first-order valence-electron chi connectivity index (χ1n) is 7.20. The molecule has 2 atom stereocenters. The molecule has 20 heavy (non-hydrogen) atoms. The van der Waals surface area contributed by atoms with Gasteiger partial charge in [0.2, 0.25) is 0 Å². The van der Waals surface area contributed by atoms with Gasteiger partial charge in [-0.2, -0.15) is 4.98 Å². The van der Waals surface area contributed by atoms with Gasteiger partial charge in [0, 0.05) is 13.1 Å². The highest BCUT2D eigenvalue weighted by atomic mass is 16.5. The molecule has 1 aromatic heterocycles. The van der Waals surface area contributed by atoms with Crippen LogP contribution in [-0.2, 0) is 9.47 Å². The molecule has 1 aliphatic heterocycles. The number of rotatable bonds is 4. The lowest BCUT2D eigenvalue weighted by Crippen LogP contribution is -2.47. The Balaban J connectivity index is 1.69. The van der Waals surface area contributed by atoms with E-state index in [0.717, 1.165) is 13.1 Å². The van der Waals surface area contributed by atoms with E-state index < -0.39 is 5.97 Å². The van der Waals surface area contributed by atoms with Gasteiger partial charge in [0.05, 0.1) is 18.8 Å². The molecule has 6 heteroatoms. The third-order valence-electron chi connectivity index (χ3n) is 3.68. The molecular weight excluding hydrogens is 260 g/mol. The number of carbonyl (C=O) groups is 1. The van der Waals surface area contributed by atoms with Crippen molar-refractivity contribution in [1.82, 2.24) is 4.98 Å². The molecule has 6 nitrogen and oxygen atoms in total. The number of morpholine rings is 1. The van der Waals surface area contributed by atoms with Gasteiger partial charge in [-0.05, 0) is 32.6 Å². The van der Waals surface area contributed by atoms with Crippen molar-refractivity contribution < 1.29 is 18.7 Å². The van der Waals surface area contributed by atoms with E-state index in [4.69, 9.17) is 13.9 Å². The van der Waals surface area contributed by atoms with Crippen molar-refractivity contribution in [2.24, 2.45) is 5.92 Å². The average Bonchev–Trinajstić information content (AvgIpc) is 3.15. The van der Waals surface area contributed by atoms with E-state index in [1.54, 1.807) is 6.92 Å². The van der Waals surface area contributed by atoms with Gasteiger partial charge in [0.15, 0.2) is 5.69 Å². The number of esters is 1. The first-order valence-corrected chi connectivity index (χ1v) is 7.20. The summed E-state index contributed by atoms with van der Waals surface area (Å²) in [5.41, 5.74) is 0.226. The van der Waals surface area contributed by atoms with E-state index >= 15 is 0 Å². The van der Waals surface area contributed by atoms with Crippen LogP contribution in [-0.4, -0.2) is 42.9 Å². The van der Waals surface area contributed by atoms with Gasteiger partial charge in [-0.3, -0.25) is 0 Å². The van der Waals surface area contributed by atoms with Crippen LogP contribution in [0.1, 0.15) is 37.2 Å². The van der Waals surface area contributed by atoms with Gasteiger partial charge in [-0.25, -0.2) is 4.79 Å². The zero-order valence-corrected chi connectivity index (χ0v) is 11.9. The summed E-state index contributed by atoms with van der Waals surface area (Å²) < 4.78 is 16.3. The van der Waals surface area contributed by atoms with Gasteiger partial charge >= 0.3 is 5.97 Å². The molecule has 0 unspecified atom stereocenters. The highest BCUT2D eigenvalue weighted by Crippen LogP contribution is 2.37. The third kappa shape index (κ3) is 2.80. The summed E-state index contributed by atoms with van der Waals surface area (Å²) in [6.07, 6.45) is 4.24. The Morgan fingerprint density at radius 1 is 1.50 bits per heavy atom. The van der Waals surface area contributed by atoms with E-state index in [-0.39, 0.29) is 17.9 Å². The van der Waals surface area contributed by atoms with Crippen LogP contribution < -0.4 is 4.90 Å². The fourth-order valence-electron chi connectivity index (χ4n) is 2.58. The van der Waals surface area contributed by atoms with E-state index in [1.807, 2.05) is 0 Å². The van der Waals surface area contributed by atoms with Crippen LogP contribution in [0.15, 0.2) is 10.7 Å². The summed E-state index contributed by atoms with van der Waals surface area (Å²) in [7, 11) is 0. The minimum absolute atomic E-state index is 0.146. The SMILES string of the molecule is CCOC(=O)c1coc(N2C[C@@H](C3CC3)O[C@@H](C)C2)n1. The smallest absolute Gasteiger partial charge is 0.360 e. The van der Waals surface area contributed by atoms with Crippen molar-refractivity contribution in [3.8, 4) is 0 Å². The standard InChI is InChI=1S/C14H20N2O4/c1-3-18-13(17)11-8-19-14(15-11)16-6-9(2)20-12(7-16)10-4-5-10/h8-10,12H,3-7H2,1-2H3/t9-,12-/m0/s1. The maximum Gasteiger partial charge on any atom is 0.360 e. The molecule has 0 amide bonds. The Hall–Kier alpha value is -1.56. The van der Waals surface area contributed by atoms with Crippen molar-refractivity contribution in [1.29, 1.82) is 0 Å². The topological polar surface area (TPSA) is 64.8 Å². The van der Waals surface area contributed by atoms with Crippen LogP contribution in [0.3, 0.4) is 0 Å². The van der Waals surface area contributed by atoms with Crippen molar-refractivity contribution in [3.63, 3.8) is 0 Å². The van der Waals surface area contributed by atoms with Gasteiger partial charge < -0.3 is 18.8 Å². The number of aromatic nitrogens is 1. The molecule has 1 saturated heterocycles. The van der Waals surface area contributed by atoms with Gasteiger partial charge in [-0.1, -0.05) is 0 Å². The molecule has 2 fully saturated rings. The van der Waals surface area contributed by atoms with Crippen LogP contribution in [0, 0.1) is 5.92 Å².